The van der Waals surface area contributed by atoms with Crippen molar-refractivity contribution in [2.75, 3.05) is 20.2 Å². The third-order valence-corrected chi connectivity index (χ3v) is 5.32. The molecule has 0 N–H and O–H groups in total. The Kier molecular flexibility index (Phi) is 6.32. The van der Waals surface area contributed by atoms with Crippen LogP contribution in [0.15, 0.2) is 42.5 Å². The average Bonchev–Trinajstić information content (AvgIpc) is 3.21. The fraction of sp³-hybridized carbons (Fsp3) is 0.500. The Hall–Kier alpha value is -2.03. The van der Waals surface area contributed by atoms with Crippen molar-refractivity contribution < 1.29 is 9.53 Å². The Balaban J connectivity index is 1.80. The highest BCUT2D eigenvalue weighted by molar-refractivity contribution is 6.19. The lowest BCUT2D eigenvalue weighted by molar-refractivity contribution is -0.124. The number of rotatable bonds is 5. The van der Waals surface area contributed by atoms with Crippen molar-refractivity contribution >= 4 is 11.5 Å². The van der Waals surface area contributed by atoms with Gasteiger partial charge in [0.15, 0.2) is 0 Å². The van der Waals surface area contributed by atoms with E-state index >= 15 is 0 Å². The number of benzene rings is 1. The third kappa shape index (κ3) is 4.75. The molecule has 0 aromatic heterocycles. The van der Waals surface area contributed by atoms with Gasteiger partial charge >= 0.3 is 0 Å². The molecule has 1 aliphatic heterocycles. The summed E-state index contributed by atoms with van der Waals surface area (Å²) in [7, 11) is 1.66. The van der Waals surface area contributed by atoms with Crippen LogP contribution in [-0.4, -0.2) is 31.0 Å². The summed E-state index contributed by atoms with van der Waals surface area (Å²) in [4.78, 5) is 15.0. The molecule has 1 aliphatic carbocycles. The van der Waals surface area contributed by atoms with Crippen molar-refractivity contribution in [3.8, 4) is 5.75 Å². The van der Waals surface area contributed by atoms with Gasteiger partial charge in [0.2, 0.25) is 0 Å². The zero-order chi connectivity index (χ0) is 17.5. The molecule has 2 fully saturated rings. The summed E-state index contributed by atoms with van der Waals surface area (Å²) in [6.45, 7) is 1.75. The molecule has 1 saturated carbocycles. The van der Waals surface area contributed by atoms with Crippen molar-refractivity contribution in [2.24, 2.45) is 5.92 Å². The van der Waals surface area contributed by atoms with Crippen LogP contribution >= 0.6 is 0 Å². The van der Waals surface area contributed by atoms with Crippen LogP contribution in [0.3, 0.4) is 0 Å². The fourth-order valence-electron chi connectivity index (χ4n) is 3.79. The molecular formula is C22H29NO2. The average molecular weight is 339 g/mol. The summed E-state index contributed by atoms with van der Waals surface area (Å²) in [5.74, 6) is 1.63. The van der Waals surface area contributed by atoms with Crippen molar-refractivity contribution in [3.63, 3.8) is 0 Å². The van der Waals surface area contributed by atoms with E-state index in [0.29, 0.717) is 5.92 Å². The maximum atomic E-state index is 13.0. The van der Waals surface area contributed by atoms with Gasteiger partial charge in [0, 0.05) is 18.7 Å². The molecule has 3 heteroatoms. The van der Waals surface area contributed by atoms with Crippen LogP contribution in [0.4, 0.5) is 0 Å². The van der Waals surface area contributed by atoms with Crippen LogP contribution in [0.2, 0.25) is 0 Å². The first kappa shape index (κ1) is 17.8. The van der Waals surface area contributed by atoms with Crippen LogP contribution < -0.4 is 4.74 Å². The zero-order valence-corrected chi connectivity index (χ0v) is 15.2. The van der Waals surface area contributed by atoms with Crippen molar-refractivity contribution in [1.29, 1.82) is 0 Å². The summed E-state index contributed by atoms with van der Waals surface area (Å²) in [5.41, 5.74) is 1.75. The largest absolute Gasteiger partial charge is 0.497 e. The standard InChI is InChI=1S/C22H29NO2/c1-25-20-14-12-19(13-15-20)21(22(24)23-16-5-6-17-23)11-7-10-18-8-3-2-4-9-18/h7,10-15,18H,2-6,8-9,16-17H2,1H3/b10-7+,21-11-. The number of carbonyl (C=O) groups excluding carboxylic acids is 1. The second-order valence-electron chi connectivity index (χ2n) is 7.09. The molecule has 0 radical (unpaired) electrons. The predicted octanol–water partition coefficient (Wildman–Crippen LogP) is 4.84. The van der Waals surface area contributed by atoms with E-state index in [2.05, 4.69) is 12.2 Å². The van der Waals surface area contributed by atoms with E-state index < -0.39 is 0 Å². The van der Waals surface area contributed by atoms with E-state index in [1.54, 1.807) is 7.11 Å². The topological polar surface area (TPSA) is 29.5 Å². The van der Waals surface area contributed by atoms with E-state index in [-0.39, 0.29) is 5.91 Å². The molecule has 3 nitrogen and oxygen atoms in total. The van der Waals surface area contributed by atoms with Gasteiger partial charge in [-0.25, -0.2) is 0 Å². The Morgan fingerprint density at radius 3 is 2.36 bits per heavy atom. The van der Waals surface area contributed by atoms with Crippen LogP contribution in [-0.2, 0) is 4.79 Å². The minimum atomic E-state index is 0.149. The fourth-order valence-corrected chi connectivity index (χ4v) is 3.79. The highest BCUT2D eigenvalue weighted by Crippen LogP contribution is 2.26. The lowest BCUT2D eigenvalue weighted by atomic mass is 9.89. The second-order valence-corrected chi connectivity index (χ2v) is 7.09. The van der Waals surface area contributed by atoms with Gasteiger partial charge in [-0.15, -0.1) is 0 Å². The molecule has 1 saturated heterocycles. The number of hydrogen-bond donors (Lipinski definition) is 0. The van der Waals surface area contributed by atoms with Gasteiger partial charge in [-0.05, 0) is 55.4 Å². The highest BCUT2D eigenvalue weighted by Gasteiger charge is 2.22. The Bertz CT molecular complexity index is 618. The van der Waals surface area contributed by atoms with Crippen LogP contribution in [0.1, 0.15) is 50.5 Å². The quantitative estimate of drug-likeness (QED) is 0.567. The summed E-state index contributed by atoms with van der Waals surface area (Å²) in [6, 6.07) is 7.80. The first-order valence-corrected chi connectivity index (χ1v) is 9.60. The van der Waals surface area contributed by atoms with Gasteiger partial charge < -0.3 is 9.64 Å². The monoisotopic (exact) mass is 339 g/mol. The Labute approximate surface area is 151 Å². The highest BCUT2D eigenvalue weighted by atomic mass is 16.5. The lowest BCUT2D eigenvalue weighted by Crippen LogP contribution is -2.28. The Morgan fingerprint density at radius 2 is 1.72 bits per heavy atom. The zero-order valence-electron chi connectivity index (χ0n) is 15.2. The Morgan fingerprint density at radius 1 is 1.04 bits per heavy atom. The molecule has 25 heavy (non-hydrogen) atoms. The minimum absolute atomic E-state index is 0.149. The van der Waals surface area contributed by atoms with Gasteiger partial charge in [-0.2, -0.15) is 0 Å². The molecule has 1 amide bonds. The number of ether oxygens (including phenoxy) is 1. The lowest BCUT2D eigenvalue weighted by Gasteiger charge is -2.18. The molecule has 0 bridgehead atoms. The molecule has 0 unspecified atom stereocenters. The number of allylic oxidation sites excluding steroid dienone is 3. The van der Waals surface area contributed by atoms with E-state index in [9.17, 15) is 4.79 Å². The van der Waals surface area contributed by atoms with Gasteiger partial charge in [0.1, 0.15) is 5.75 Å². The number of nitrogens with zero attached hydrogens (tertiary/aromatic N) is 1. The van der Waals surface area contributed by atoms with E-state index in [1.807, 2.05) is 35.2 Å². The molecule has 134 valence electrons. The van der Waals surface area contributed by atoms with E-state index in [0.717, 1.165) is 42.8 Å². The van der Waals surface area contributed by atoms with Gasteiger partial charge in [-0.1, -0.05) is 43.5 Å². The molecule has 0 spiro atoms. The van der Waals surface area contributed by atoms with Crippen molar-refractivity contribution in [2.45, 2.75) is 44.9 Å². The summed E-state index contributed by atoms with van der Waals surface area (Å²) in [5, 5.41) is 0. The van der Waals surface area contributed by atoms with Gasteiger partial charge in [-0.3, -0.25) is 4.79 Å². The SMILES string of the molecule is COc1ccc(/C(=C/C=C/C2CCCCC2)C(=O)N2CCCC2)cc1. The first-order chi connectivity index (χ1) is 12.3. The molecule has 1 aromatic rings. The van der Waals surface area contributed by atoms with E-state index in [4.69, 9.17) is 4.74 Å². The number of likely N-dealkylation sites (tertiary alicyclic amines) is 1. The molecule has 0 atom stereocenters. The van der Waals surface area contributed by atoms with Crippen LogP contribution in [0.5, 0.6) is 5.75 Å². The smallest absolute Gasteiger partial charge is 0.254 e. The van der Waals surface area contributed by atoms with Crippen molar-refractivity contribution in [1.82, 2.24) is 4.90 Å². The normalized spacial score (nSPS) is 19.6. The molecule has 3 rings (SSSR count). The molecule has 2 aliphatic rings. The van der Waals surface area contributed by atoms with Gasteiger partial charge in [0.05, 0.1) is 7.11 Å². The molecule has 1 aromatic carbocycles. The molecule has 1 heterocycles. The van der Waals surface area contributed by atoms with Gasteiger partial charge in [0.25, 0.3) is 5.91 Å². The second kappa shape index (κ2) is 8.89. The number of carbonyl (C=O) groups is 1. The summed E-state index contributed by atoms with van der Waals surface area (Å²) in [6.07, 6.45) is 15.2. The van der Waals surface area contributed by atoms with Crippen LogP contribution in [0.25, 0.3) is 5.57 Å². The third-order valence-electron chi connectivity index (χ3n) is 5.32. The van der Waals surface area contributed by atoms with E-state index in [1.165, 1.54) is 32.1 Å². The minimum Gasteiger partial charge on any atom is -0.497 e. The van der Waals surface area contributed by atoms with Crippen LogP contribution in [0, 0.1) is 5.92 Å². The molecular weight excluding hydrogens is 310 g/mol. The number of amides is 1. The predicted molar refractivity (Wildman–Crippen MR) is 103 cm³/mol. The van der Waals surface area contributed by atoms with Crippen molar-refractivity contribution in [3.05, 3.63) is 48.1 Å². The first-order valence-electron chi connectivity index (χ1n) is 9.60. The number of methoxy groups -OCH3 is 1. The number of hydrogen-bond acceptors (Lipinski definition) is 2. The summed E-state index contributed by atoms with van der Waals surface area (Å²) < 4.78 is 5.24. The maximum Gasteiger partial charge on any atom is 0.254 e. The maximum absolute atomic E-state index is 13.0. The summed E-state index contributed by atoms with van der Waals surface area (Å²) >= 11 is 0.